The molecule has 0 radical (unpaired) electrons. The van der Waals surface area contributed by atoms with Gasteiger partial charge in [0.15, 0.2) is 0 Å². The average Bonchev–Trinajstić information content (AvgIpc) is 2.24. The zero-order valence-corrected chi connectivity index (χ0v) is 12.1. The van der Waals surface area contributed by atoms with E-state index < -0.39 is 0 Å². The van der Waals surface area contributed by atoms with Gasteiger partial charge in [-0.3, -0.25) is 0 Å². The van der Waals surface area contributed by atoms with Gasteiger partial charge in [0, 0.05) is 0 Å². The van der Waals surface area contributed by atoms with Crippen molar-refractivity contribution in [1.29, 1.82) is 0 Å². The molecule has 0 unspecified atom stereocenters. The van der Waals surface area contributed by atoms with Crippen LogP contribution in [0.25, 0.3) is 0 Å². The first-order chi connectivity index (χ1) is 6.54. The fourth-order valence-corrected chi connectivity index (χ4v) is 0. The Morgan fingerprint density at radius 2 is 1.14 bits per heavy atom. The second-order valence-corrected chi connectivity index (χ2v) is 2.71. The summed E-state index contributed by atoms with van der Waals surface area (Å²) in [6.07, 6.45) is 1.11. The van der Waals surface area contributed by atoms with Crippen molar-refractivity contribution >= 4 is 0 Å². The molecule has 0 aliphatic carbocycles. The summed E-state index contributed by atoms with van der Waals surface area (Å²) < 4.78 is 0. The van der Waals surface area contributed by atoms with Crippen molar-refractivity contribution in [1.82, 2.24) is 4.90 Å². The Labute approximate surface area is 93.2 Å². The zero-order valence-electron chi connectivity index (χ0n) is 12.1. The molecule has 0 aliphatic heterocycles. The first-order valence-corrected chi connectivity index (χ1v) is 5.83. The van der Waals surface area contributed by atoms with E-state index in [0.717, 1.165) is 13.0 Å². The van der Waals surface area contributed by atoms with E-state index in [9.17, 15) is 0 Å². The third kappa shape index (κ3) is 97.8. The predicted molar refractivity (Wildman–Crippen MR) is 72.0 cm³/mol. The molecule has 1 heteroatoms. The molecule has 0 saturated carbocycles. The number of hydrogen-bond acceptors (Lipinski definition) is 1. The molecule has 0 fully saturated rings. The van der Waals surface area contributed by atoms with Crippen LogP contribution in [0.5, 0.6) is 0 Å². The normalized spacial score (nSPS) is 7.00. The van der Waals surface area contributed by atoms with Crippen molar-refractivity contribution in [2.45, 2.75) is 54.9 Å². The number of rotatable bonds is 2. The minimum absolute atomic E-state index is 1.11. The fourth-order valence-electron chi connectivity index (χ4n) is 0. The van der Waals surface area contributed by atoms with Gasteiger partial charge in [-0.25, -0.2) is 0 Å². The summed E-state index contributed by atoms with van der Waals surface area (Å²) in [5.41, 5.74) is 1.25. The van der Waals surface area contributed by atoms with Crippen molar-refractivity contribution in [2.75, 3.05) is 20.6 Å². The average molecular weight is 203 g/mol. The van der Waals surface area contributed by atoms with Crippen LogP contribution in [0, 0.1) is 0 Å². The standard InChI is InChI=1S/C5H10.C4H11N.2C2H6/c2*1-4-5(2)3;2*1-2/h2,4H2,1,3H3;4H2,1-3H3;2*1-2H3. The largest absolute Gasteiger partial charge is 0.310 e. The summed E-state index contributed by atoms with van der Waals surface area (Å²) >= 11 is 0. The maximum absolute atomic E-state index is 3.67. The van der Waals surface area contributed by atoms with Crippen LogP contribution in [-0.4, -0.2) is 25.5 Å². The van der Waals surface area contributed by atoms with Crippen LogP contribution >= 0.6 is 0 Å². The smallest absolute Gasteiger partial charge is 0.00533 e. The third-order valence-electron chi connectivity index (χ3n) is 1.24. The van der Waals surface area contributed by atoms with E-state index in [4.69, 9.17) is 0 Å². The van der Waals surface area contributed by atoms with Crippen molar-refractivity contribution in [3.05, 3.63) is 12.2 Å². The Morgan fingerprint density at radius 3 is 1.14 bits per heavy atom. The van der Waals surface area contributed by atoms with Crippen LogP contribution in [0.3, 0.4) is 0 Å². The molecule has 0 spiro atoms. The van der Waals surface area contributed by atoms with Gasteiger partial charge in [0.2, 0.25) is 0 Å². The van der Waals surface area contributed by atoms with Crippen LogP contribution in [0.15, 0.2) is 12.2 Å². The van der Waals surface area contributed by atoms with Crippen molar-refractivity contribution in [3.63, 3.8) is 0 Å². The van der Waals surface area contributed by atoms with E-state index in [1.165, 1.54) is 5.57 Å². The molecule has 1 nitrogen and oxygen atoms in total. The number of nitrogens with zero attached hydrogens (tertiary/aromatic N) is 1. The van der Waals surface area contributed by atoms with Gasteiger partial charge in [-0.2, -0.15) is 0 Å². The molecular formula is C13H33N. The van der Waals surface area contributed by atoms with Gasteiger partial charge in [-0.1, -0.05) is 47.1 Å². The second kappa shape index (κ2) is 29.3. The van der Waals surface area contributed by atoms with Crippen molar-refractivity contribution in [2.24, 2.45) is 0 Å². The Hall–Kier alpha value is -0.300. The predicted octanol–water partition coefficient (Wildman–Crippen LogP) is 4.59. The minimum atomic E-state index is 1.11. The van der Waals surface area contributed by atoms with E-state index in [-0.39, 0.29) is 0 Å². The lowest BCUT2D eigenvalue weighted by molar-refractivity contribution is 0.434. The lowest BCUT2D eigenvalue weighted by Gasteiger charge is -2.00. The van der Waals surface area contributed by atoms with Gasteiger partial charge in [0.05, 0.1) is 0 Å². The number of hydrogen-bond donors (Lipinski definition) is 0. The highest BCUT2D eigenvalue weighted by molar-refractivity contribution is 4.84. The second-order valence-electron chi connectivity index (χ2n) is 2.71. The van der Waals surface area contributed by atoms with E-state index in [1.54, 1.807) is 0 Å². The molecule has 0 atom stereocenters. The van der Waals surface area contributed by atoms with E-state index in [0.29, 0.717) is 0 Å². The van der Waals surface area contributed by atoms with Crippen LogP contribution in [0.2, 0.25) is 0 Å². The summed E-state index contributed by atoms with van der Waals surface area (Å²) in [5, 5.41) is 0. The van der Waals surface area contributed by atoms with Crippen molar-refractivity contribution < 1.29 is 0 Å². The Bertz CT molecular complexity index is 75.3. The highest BCUT2D eigenvalue weighted by Gasteiger charge is 1.72. The monoisotopic (exact) mass is 203 g/mol. The van der Waals surface area contributed by atoms with Gasteiger partial charge in [-0.05, 0) is 34.0 Å². The topological polar surface area (TPSA) is 3.24 Å². The van der Waals surface area contributed by atoms with Crippen LogP contribution in [-0.2, 0) is 0 Å². The molecule has 0 rings (SSSR count). The molecule has 14 heavy (non-hydrogen) atoms. The van der Waals surface area contributed by atoms with Crippen LogP contribution in [0.4, 0.5) is 0 Å². The summed E-state index contributed by atoms with van der Waals surface area (Å²) in [6, 6.07) is 0. The third-order valence-corrected chi connectivity index (χ3v) is 1.24. The first kappa shape index (κ1) is 23.5. The number of allylic oxidation sites excluding steroid dienone is 1. The SMILES string of the molecule is C=C(C)CC.CC.CC.CCN(C)C. The Kier molecular flexibility index (Phi) is 49.2. The van der Waals surface area contributed by atoms with E-state index >= 15 is 0 Å². The van der Waals surface area contributed by atoms with Gasteiger partial charge < -0.3 is 4.90 Å². The molecule has 90 valence electrons. The molecular weight excluding hydrogens is 170 g/mol. The van der Waals surface area contributed by atoms with Gasteiger partial charge in [-0.15, -0.1) is 6.58 Å². The molecule has 0 aromatic carbocycles. The molecule has 0 heterocycles. The Morgan fingerprint density at radius 1 is 1.00 bits per heavy atom. The minimum Gasteiger partial charge on any atom is -0.310 e. The quantitative estimate of drug-likeness (QED) is 0.593. The molecule has 0 aromatic heterocycles. The van der Waals surface area contributed by atoms with Crippen LogP contribution in [0.1, 0.15) is 54.9 Å². The van der Waals surface area contributed by atoms with Gasteiger partial charge in [0.25, 0.3) is 0 Å². The molecule has 0 amide bonds. The van der Waals surface area contributed by atoms with Gasteiger partial charge >= 0.3 is 0 Å². The summed E-state index contributed by atoms with van der Waals surface area (Å²) in [7, 11) is 4.11. The van der Waals surface area contributed by atoms with Gasteiger partial charge in [0.1, 0.15) is 0 Å². The van der Waals surface area contributed by atoms with Crippen molar-refractivity contribution in [3.8, 4) is 0 Å². The zero-order chi connectivity index (χ0) is 12.6. The molecule has 0 aliphatic rings. The maximum Gasteiger partial charge on any atom is -0.00533 e. The molecule has 0 bridgehead atoms. The van der Waals surface area contributed by atoms with E-state index in [2.05, 4.69) is 39.4 Å². The van der Waals surface area contributed by atoms with E-state index in [1.807, 2.05) is 34.6 Å². The van der Waals surface area contributed by atoms with Crippen LogP contribution < -0.4 is 0 Å². The highest BCUT2D eigenvalue weighted by Crippen LogP contribution is 1.88. The Balaban J connectivity index is -0.0000000528. The molecule has 0 aromatic rings. The summed E-state index contributed by atoms with van der Waals surface area (Å²) in [6.45, 7) is 19.1. The maximum atomic E-state index is 3.67. The summed E-state index contributed by atoms with van der Waals surface area (Å²) in [4.78, 5) is 2.12. The summed E-state index contributed by atoms with van der Waals surface area (Å²) in [5.74, 6) is 0. The lowest BCUT2D eigenvalue weighted by atomic mass is 10.3. The fraction of sp³-hybridized carbons (Fsp3) is 0.846. The molecule has 0 N–H and O–H groups in total. The molecule has 0 saturated heterocycles. The lowest BCUT2D eigenvalue weighted by Crippen LogP contribution is -2.08. The highest BCUT2D eigenvalue weighted by atomic mass is 15.0. The first-order valence-electron chi connectivity index (χ1n) is 5.83.